The van der Waals surface area contributed by atoms with Gasteiger partial charge in [-0.3, -0.25) is 9.97 Å². The van der Waals surface area contributed by atoms with E-state index in [0.717, 1.165) is 36.5 Å². The number of fused-ring (bicyclic) bond motifs is 2. The molecule has 1 atom stereocenters. The lowest BCUT2D eigenvalue weighted by atomic mass is 9.85. The van der Waals surface area contributed by atoms with E-state index in [-0.39, 0.29) is 11.2 Å². The van der Waals surface area contributed by atoms with Gasteiger partial charge in [0.2, 0.25) is 10.0 Å². The van der Waals surface area contributed by atoms with E-state index in [2.05, 4.69) is 27.0 Å². The number of hydrogen-bond acceptors (Lipinski definition) is 5. The van der Waals surface area contributed by atoms with Gasteiger partial charge in [0.1, 0.15) is 0 Å². The van der Waals surface area contributed by atoms with Crippen molar-refractivity contribution in [3.63, 3.8) is 0 Å². The smallest absolute Gasteiger partial charge is 0.214 e. The molecule has 2 aromatic heterocycles. The highest BCUT2D eigenvalue weighted by molar-refractivity contribution is 7.89. The zero-order valence-corrected chi connectivity index (χ0v) is 15.8. The summed E-state index contributed by atoms with van der Waals surface area (Å²) in [4.78, 5) is 11.2. The summed E-state index contributed by atoms with van der Waals surface area (Å²) in [7, 11) is -3.18. The van der Waals surface area contributed by atoms with Crippen molar-refractivity contribution in [2.45, 2.75) is 31.7 Å². The normalized spacial score (nSPS) is 22.9. The molecule has 1 unspecified atom stereocenters. The predicted octanol–water partition coefficient (Wildman–Crippen LogP) is 2.18. The fraction of sp³-hybridized carbons (Fsp3) is 0.474. The van der Waals surface area contributed by atoms with E-state index in [0.29, 0.717) is 19.5 Å². The first-order valence-electron chi connectivity index (χ1n) is 9.11. The molecule has 1 spiro atoms. The molecule has 2 aliphatic rings. The second-order valence-electron chi connectivity index (χ2n) is 7.27. The first-order valence-corrected chi connectivity index (χ1v) is 10.7. The number of rotatable bonds is 5. The molecule has 6 nitrogen and oxygen atoms in total. The lowest BCUT2D eigenvalue weighted by Crippen LogP contribution is -2.39. The number of sulfonamides is 1. The van der Waals surface area contributed by atoms with Crippen molar-refractivity contribution < 1.29 is 8.42 Å². The second kappa shape index (κ2) is 6.63. The van der Waals surface area contributed by atoms with Crippen LogP contribution in [-0.4, -0.2) is 48.1 Å². The fourth-order valence-electron chi connectivity index (χ4n) is 4.22. The van der Waals surface area contributed by atoms with Crippen LogP contribution in [0.1, 0.15) is 31.0 Å². The Bertz CT molecular complexity index is 887. The number of hydrogen-bond donors (Lipinski definition) is 0. The van der Waals surface area contributed by atoms with Crippen molar-refractivity contribution in [1.82, 2.24) is 14.3 Å². The maximum absolute atomic E-state index is 12.5. The van der Waals surface area contributed by atoms with Crippen molar-refractivity contribution in [2.75, 3.05) is 30.3 Å². The number of nitrogens with zero attached hydrogens (tertiary/aromatic N) is 4. The van der Waals surface area contributed by atoms with Crippen molar-refractivity contribution in [3.05, 3.63) is 54.1 Å². The van der Waals surface area contributed by atoms with Gasteiger partial charge in [0.15, 0.2) is 0 Å². The Morgan fingerprint density at radius 3 is 2.81 bits per heavy atom. The summed E-state index contributed by atoms with van der Waals surface area (Å²) in [6.45, 7) is 4.58. The summed E-state index contributed by atoms with van der Waals surface area (Å²) in [6.07, 6.45) is 6.94. The zero-order chi connectivity index (χ0) is 18.2. The van der Waals surface area contributed by atoms with Gasteiger partial charge in [0.25, 0.3) is 0 Å². The van der Waals surface area contributed by atoms with Crippen LogP contribution in [0.15, 0.2) is 42.9 Å². The summed E-state index contributed by atoms with van der Waals surface area (Å²) in [5.74, 6) is 0.220. The van der Waals surface area contributed by atoms with Gasteiger partial charge >= 0.3 is 0 Å². The van der Waals surface area contributed by atoms with Gasteiger partial charge in [-0.05, 0) is 36.6 Å². The van der Waals surface area contributed by atoms with E-state index < -0.39 is 10.0 Å². The first kappa shape index (κ1) is 17.4. The van der Waals surface area contributed by atoms with Crippen molar-refractivity contribution in [2.24, 2.45) is 0 Å². The van der Waals surface area contributed by atoms with Crippen molar-refractivity contribution in [3.8, 4) is 0 Å². The number of pyridine rings is 2. The summed E-state index contributed by atoms with van der Waals surface area (Å²) in [5.41, 5.74) is 3.09. The van der Waals surface area contributed by atoms with Crippen LogP contribution in [0.4, 0.5) is 5.69 Å². The third kappa shape index (κ3) is 2.99. The minimum absolute atomic E-state index is 0.209. The summed E-state index contributed by atoms with van der Waals surface area (Å²) >= 11 is 0. The van der Waals surface area contributed by atoms with Crippen LogP contribution < -0.4 is 4.90 Å². The zero-order valence-electron chi connectivity index (χ0n) is 15.0. The fourth-order valence-corrected chi connectivity index (χ4v) is 5.81. The minimum atomic E-state index is -3.18. The Hall–Kier alpha value is -1.99. The molecule has 0 aliphatic carbocycles. The molecule has 26 heavy (non-hydrogen) atoms. The minimum Gasteiger partial charge on any atom is -0.365 e. The third-order valence-corrected chi connectivity index (χ3v) is 7.42. The summed E-state index contributed by atoms with van der Waals surface area (Å²) < 4.78 is 26.8. The van der Waals surface area contributed by atoms with Crippen LogP contribution in [0.25, 0.3) is 0 Å². The lowest BCUT2D eigenvalue weighted by Gasteiger charge is -2.25. The van der Waals surface area contributed by atoms with Gasteiger partial charge in [0.05, 0.1) is 17.1 Å². The Balaban J connectivity index is 1.63. The van der Waals surface area contributed by atoms with Crippen LogP contribution >= 0.6 is 0 Å². The molecule has 1 saturated heterocycles. The van der Waals surface area contributed by atoms with Crippen LogP contribution in [-0.2, 0) is 22.0 Å². The molecular formula is C19H24N4O2S. The van der Waals surface area contributed by atoms with Crippen molar-refractivity contribution >= 4 is 15.7 Å². The number of anilines is 1. The van der Waals surface area contributed by atoms with E-state index >= 15 is 0 Å². The summed E-state index contributed by atoms with van der Waals surface area (Å²) in [5, 5.41) is 0. The van der Waals surface area contributed by atoms with Gasteiger partial charge in [-0.15, -0.1) is 0 Å². The lowest BCUT2D eigenvalue weighted by molar-refractivity contribution is 0.424. The topological polar surface area (TPSA) is 66.4 Å². The van der Waals surface area contributed by atoms with E-state index in [1.807, 2.05) is 31.5 Å². The average molecular weight is 372 g/mol. The Kier molecular flexibility index (Phi) is 4.44. The molecule has 0 bridgehead atoms. The van der Waals surface area contributed by atoms with Crippen LogP contribution in [0.5, 0.6) is 0 Å². The summed E-state index contributed by atoms with van der Waals surface area (Å²) in [6, 6.07) is 8.06. The Morgan fingerprint density at radius 1 is 1.19 bits per heavy atom. The van der Waals surface area contributed by atoms with E-state index in [1.165, 1.54) is 0 Å². The Morgan fingerprint density at radius 2 is 2.04 bits per heavy atom. The molecular weight excluding hydrogens is 348 g/mol. The van der Waals surface area contributed by atoms with Gasteiger partial charge in [-0.1, -0.05) is 13.0 Å². The van der Waals surface area contributed by atoms with Gasteiger partial charge in [-0.2, -0.15) is 0 Å². The van der Waals surface area contributed by atoms with E-state index in [9.17, 15) is 8.42 Å². The standard InChI is InChI=1S/C19H24N4O2S/c1-2-11-26(24,25)23-10-7-19(15-23)14-22(13-16-5-3-8-20-12-16)17-6-4-9-21-18(17)19/h3-6,8-9,12H,2,7,10-11,13-15H2,1H3. The molecule has 4 heterocycles. The molecule has 0 saturated carbocycles. The number of aromatic nitrogens is 2. The highest BCUT2D eigenvalue weighted by Crippen LogP contribution is 2.46. The second-order valence-corrected chi connectivity index (χ2v) is 9.36. The molecule has 0 aromatic carbocycles. The first-order chi connectivity index (χ1) is 12.5. The van der Waals surface area contributed by atoms with E-state index in [1.54, 1.807) is 10.5 Å². The highest BCUT2D eigenvalue weighted by atomic mass is 32.2. The molecule has 138 valence electrons. The molecule has 7 heteroatoms. The Labute approximate surface area is 154 Å². The molecule has 4 rings (SSSR count). The molecule has 0 radical (unpaired) electrons. The molecule has 1 fully saturated rings. The van der Waals surface area contributed by atoms with Gasteiger partial charge < -0.3 is 4.90 Å². The van der Waals surface area contributed by atoms with Crippen LogP contribution in [0, 0.1) is 0 Å². The molecule has 2 aliphatic heterocycles. The third-order valence-electron chi connectivity index (χ3n) is 5.39. The van der Waals surface area contributed by atoms with Crippen LogP contribution in [0.2, 0.25) is 0 Å². The molecule has 0 amide bonds. The van der Waals surface area contributed by atoms with Crippen LogP contribution in [0.3, 0.4) is 0 Å². The largest absolute Gasteiger partial charge is 0.365 e. The highest BCUT2D eigenvalue weighted by Gasteiger charge is 2.50. The van der Waals surface area contributed by atoms with Gasteiger partial charge in [-0.25, -0.2) is 12.7 Å². The van der Waals surface area contributed by atoms with Crippen molar-refractivity contribution in [1.29, 1.82) is 0 Å². The predicted molar refractivity (Wildman–Crippen MR) is 101 cm³/mol. The monoisotopic (exact) mass is 372 g/mol. The SMILES string of the molecule is CCCS(=O)(=O)N1CCC2(CN(Cc3cccnc3)c3cccnc32)C1. The maximum atomic E-state index is 12.5. The molecule has 2 aromatic rings. The maximum Gasteiger partial charge on any atom is 0.214 e. The van der Waals surface area contributed by atoms with Gasteiger partial charge in [0, 0.05) is 50.2 Å². The quantitative estimate of drug-likeness (QED) is 0.805. The molecule has 0 N–H and O–H groups in total. The van der Waals surface area contributed by atoms with E-state index in [4.69, 9.17) is 0 Å². The average Bonchev–Trinajstić information content (AvgIpc) is 3.20.